The third kappa shape index (κ3) is 4.09. The van der Waals surface area contributed by atoms with Gasteiger partial charge in [0, 0.05) is 11.9 Å². The van der Waals surface area contributed by atoms with Gasteiger partial charge in [0.05, 0.1) is 0 Å². The average Bonchev–Trinajstić information content (AvgIpc) is 3.14. The number of carbonyl (C=O) groups excluding carboxylic acids is 1. The number of amides is 1. The zero-order chi connectivity index (χ0) is 14.7. The number of nitrogens with one attached hydrogen (secondary N) is 2. The fourth-order valence-corrected chi connectivity index (χ4v) is 3.23. The second-order valence-electron chi connectivity index (χ2n) is 5.37. The number of rotatable bonds is 4. The van der Waals surface area contributed by atoms with Crippen molar-refractivity contribution in [2.75, 3.05) is 19.6 Å². The molecule has 7 heteroatoms. The molecule has 0 spiro atoms. The number of halogens is 1. The van der Waals surface area contributed by atoms with Crippen LogP contribution in [0.5, 0.6) is 0 Å². The lowest BCUT2D eigenvalue weighted by Crippen LogP contribution is -2.38. The molecule has 1 atom stereocenters. The lowest BCUT2D eigenvalue weighted by atomic mass is 10.00. The molecule has 0 radical (unpaired) electrons. The summed E-state index contributed by atoms with van der Waals surface area (Å²) in [6.07, 6.45) is 2.35. The average molecular weight is 342 g/mol. The Morgan fingerprint density at radius 2 is 2.41 bits per heavy atom. The van der Waals surface area contributed by atoms with Crippen LogP contribution in [0.2, 0.25) is 0 Å². The Morgan fingerprint density at radius 3 is 3.09 bits per heavy atom. The van der Waals surface area contributed by atoms with Gasteiger partial charge in [0.25, 0.3) is 5.91 Å². The first-order valence-electron chi connectivity index (χ1n) is 7.23. The van der Waals surface area contributed by atoms with E-state index in [2.05, 4.69) is 15.6 Å². The number of aromatic nitrogens is 1. The third-order valence-corrected chi connectivity index (χ3v) is 4.50. The maximum atomic E-state index is 12.1. The molecule has 120 valence electrons. The fraction of sp³-hybridized carbons (Fsp3) is 0.467. The van der Waals surface area contributed by atoms with Gasteiger partial charge in [-0.15, -0.1) is 23.7 Å². The lowest BCUT2D eigenvalue weighted by molar-refractivity contribution is 0.0940. The molecule has 2 aromatic heterocycles. The van der Waals surface area contributed by atoms with E-state index in [1.165, 1.54) is 24.2 Å². The number of aryl methyl sites for hydroxylation is 1. The van der Waals surface area contributed by atoms with Crippen LogP contribution in [0, 0.1) is 12.8 Å². The van der Waals surface area contributed by atoms with Crippen LogP contribution >= 0.6 is 23.7 Å². The maximum Gasteiger partial charge on any atom is 0.270 e. The number of hydrogen-bond donors (Lipinski definition) is 2. The van der Waals surface area contributed by atoms with Crippen molar-refractivity contribution in [1.29, 1.82) is 0 Å². The van der Waals surface area contributed by atoms with E-state index < -0.39 is 0 Å². The predicted octanol–water partition coefficient (Wildman–Crippen LogP) is 2.86. The molecule has 3 heterocycles. The molecule has 0 aromatic carbocycles. The fourth-order valence-electron chi connectivity index (χ4n) is 2.47. The molecular weight excluding hydrogens is 322 g/mol. The second-order valence-corrected chi connectivity index (χ2v) is 6.23. The van der Waals surface area contributed by atoms with Crippen LogP contribution in [-0.2, 0) is 0 Å². The van der Waals surface area contributed by atoms with Crippen molar-refractivity contribution in [3.8, 4) is 10.8 Å². The molecule has 2 N–H and O–H groups in total. The lowest BCUT2D eigenvalue weighted by Gasteiger charge is -2.22. The van der Waals surface area contributed by atoms with Gasteiger partial charge in [0.15, 0.2) is 10.8 Å². The molecular formula is C15H20ClN3O2S. The Balaban J connectivity index is 0.00000176. The highest BCUT2D eigenvalue weighted by Crippen LogP contribution is 2.25. The first-order valence-corrected chi connectivity index (χ1v) is 8.11. The molecule has 5 nitrogen and oxygen atoms in total. The van der Waals surface area contributed by atoms with Crippen molar-refractivity contribution in [2.45, 2.75) is 19.8 Å². The summed E-state index contributed by atoms with van der Waals surface area (Å²) in [6.45, 7) is 4.66. The van der Waals surface area contributed by atoms with Gasteiger partial charge >= 0.3 is 0 Å². The summed E-state index contributed by atoms with van der Waals surface area (Å²) in [6, 6.07) is 3.77. The Hall–Kier alpha value is -1.37. The molecule has 1 unspecified atom stereocenters. The van der Waals surface area contributed by atoms with Gasteiger partial charge in [-0.2, -0.15) is 0 Å². The van der Waals surface area contributed by atoms with Crippen LogP contribution in [0.15, 0.2) is 21.9 Å². The van der Waals surface area contributed by atoms with Crippen LogP contribution in [0.4, 0.5) is 0 Å². The van der Waals surface area contributed by atoms with Crippen LogP contribution in [0.1, 0.15) is 29.1 Å². The summed E-state index contributed by atoms with van der Waals surface area (Å²) < 4.78 is 5.53. The highest BCUT2D eigenvalue weighted by Gasteiger charge is 2.17. The SMILES string of the molecule is Cc1ccc(-c2nc(C(=O)NCC3CCCNC3)cs2)o1.Cl. The predicted molar refractivity (Wildman–Crippen MR) is 89.7 cm³/mol. The summed E-state index contributed by atoms with van der Waals surface area (Å²) in [7, 11) is 0. The van der Waals surface area contributed by atoms with E-state index in [0.717, 1.165) is 23.9 Å². The topological polar surface area (TPSA) is 67.2 Å². The highest BCUT2D eigenvalue weighted by atomic mass is 35.5. The van der Waals surface area contributed by atoms with Gasteiger partial charge in [0.1, 0.15) is 11.5 Å². The van der Waals surface area contributed by atoms with E-state index in [-0.39, 0.29) is 18.3 Å². The van der Waals surface area contributed by atoms with E-state index in [9.17, 15) is 4.79 Å². The van der Waals surface area contributed by atoms with Crippen molar-refractivity contribution < 1.29 is 9.21 Å². The van der Waals surface area contributed by atoms with Gasteiger partial charge in [-0.05, 0) is 50.9 Å². The number of carbonyl (C=O) groups is 1. The Labute approximate surface area is 139 Å². The molecule has 3 rings (SSSR count). The number of nitrogens with zero attached hydrogens (tertiary/aromatic N) is 1. The Kier molecular flexibility index (Phi) is 5.99. The van der Waals surface area contributed by atoms with E-state index in [4.69, 9.17) is 4.42 Å². The Morgan fingerprint density at radius 1 is 1.55 bits per heavy atom. The van der Waals surface area contributed by atoms with Gasteiger partial charge in [0.2, 0.25) is 0 Å². The quantitative estimate of drug-likeness (QED) is 0.897. The second kappa shape index (κ2) is 7.76. The number of hydrogen-bond acceptors (Lipinski definition) is 5. The molecule has 1 amide bonds. The molecule has 0 saturated carbocycles. The minimum absolute atomic E-state index is 0. The summed E-state index contributed by atoms with van der Waals surface area (Å²) in [5, 5.41) is 8.84. The smallest absolute Gasteiger partial charge is 0.270 e. The molecule has 1 saturated heterocycles. The van der Waals surface area contributed by atoms with Gasteiger partial charge in [-0.1, -0.05) is 0 Å². The van der Waals surface area contributed by atoms with Crippen molar-refractivity contribution in [3.63, 3.8) is 0 Å². The summed E-state index contributed by atoms with van der Waals surface area (Å²) >= 11 is 1.43. The summed E-state index contributed by atoms with van der Waals surface area (Å²) in [5.41, 5.74) is 0.466. The maximum absolute atomic E-state index is 12.1. The monoisotopic (exact) mass is 341 g/mol. The van der Waals surface area contributed by atoms with Crippen molar-refractivity contribution in [2.24, 2.45) is 5.92 Å². The van der Waals surface area contributed by atoms with Crippen molar-refractivity contribution >= 4 is 29.7 Å². The molecule has 22 heavy (non-hydrogen) atoms. The van der Waals surface area contributed by atoms with Gasteiger partial charge < -0.3 is 15.1 Å². The van der Waals surface area contributed by atoms with Crippen LogP contribution < -0.4 is 10.6 Å². The van der Waals surface area contributed by atoms with Crippen LogP contribution in [0.3, 0.4) is 0 Å². The molecule has 0 aliphatic carbocycles. The minimum atomic E-state index is -0.105. The normalized spacial score (nSPS) is 17.8. The summed E-state index contributed by atoms with van der Waals surface area (Å²) in [5.74, 6) is 1.98. The van der Waals surface area contributed by atoms with Gasteiger partial charge in [-0.3, -0.25) is 4.79 Å². The van der Waals surface area contributed by atoms with Crippen molar-refractivity contribution in [1.82, 2.24) is 15.6 Å². The van der Waals surface area contributed by atoms with E-state index in [0.29, 0.717) is 23.9 Å². The van der Waals surface area contributed by atoms with E-state index >= 15 is 0 Å². The van der Waals surface area contributed by atoms with Gasteiger partial charge in [-0.25, -0.2) is 4.98 Å². The minimum Gasteiger partial charge on any atom is -0.459 e. The van der Waals surface area contributed by atoms with Crippen molar-refractivity contribution in [3.05, 3.63) is 29.0 Å². The number of furan rings is 1. The standard InChI is InChI=1S/C15H19N3O2S.ClH/c1-10-4-5-13(20-10)15-18-12(9-21-15)14(19)17-8-11-3-2-6-16-7-11;/h4-5,9,11,16H,2-3,6-8H2,1H3,(H,17,19);1H. The molecule has 1 aliphatic rings. The zero-order valence-corrected chi connectivity index (χ0v) is 14.1. The third-order valence-electron chi connectivity index (χ3n) is 3.64. The number of piperidine rings is 1. The molecule has 1 fully saturated rings. The summed E-state index contributed by atoms with van der Waals surface area (Å²) in [4.78, 5) is 16.5. The van der Waals surface area contributed by atoms with Crippen LogP contribution in [-0.4, -0.2) is 30.5 Å². The first kappa shape index (κ1) is 17.0. The Bertz CT molecular complexity index is 620. The zero-order valence-electron chi connectivity index (χ0n) is 12.4. The van der Waals surface area contributed by atoms with Crippen LogP contribution in [0.25, 0.3) is 10.8 Å². The highest BCUT2D eigenvalue weighted by molar-refractivity contribution is 7.13. The molecule has 1 aliphatic heterocycles. The first-order chi connectivity index (χ1) is 10.2. The largest absolute Gasteiger partial charge is 0.459 e. The van der Waals surface area contributed by atoms with E-state index in [1.807, 2.05) is 19.1 Å². The molecule has 2 aromatic rings. The number of thiazole rings is 1. The van der Waals surface area contributed by atoms with E-state index in [1.54, 1.807) is 5.38 Å². The molecule has 0 bridgehead atoms.